The maximum Gasteiger partial charge on any atom is 0.175 e. The fraction of sp³-hybridized carbons (Fsp3) is 0.333. The standard InChI is InChI=1S/C12H13N3O/c1-8(2)9-3-4-10-11(5-9)16-6-12-14-13-7-15(10)12/h3-5,7-8H,6H2,1-2H3. The number of hydrogen-bond donors (Lipinski definition) is 0. The lowest BCUT2D eigenvalue weighted by atomic mass is 10.0. The third-order valence-corrected chi connectivity index (χ3v) is 2.89. The molecule has 0 saturated carbocycles. The molecule has 0 unspecified atom stereocenters. The van der Waals surface area contributed by atoms with Gasteiger partial charge in [-0.05, 0) is 23.6 Å². The number of fused-ring (bicyclic) bond motifs is 3. The van der Waals surface area contributed by atoms with Crippen LogP contribution in [0.25, 0.3) is 5.69 Å². The molecule has 0 radical (unpaired) electrons. The van der Waals surface area contributed by atoms with Crippen molar-refractivity contribution < 1.29 is 4.74 Å². The summed E-state index contributed by atoms with van der Waals surface area (Å²) in [5.41, 5.74) is 2.31. The van der Waals surface area contributed by atoms with Crippen LogP contribution in [0.5, 0.6) is 5.75 Å². The van der Waals surface area contributed by atoms with Gasteiger partial charge in [-0.15, -0.1) is 10.2 Å². The van der Waals surface area contributed by atoms with Crippen molar-refractivity contribution in [3.63, 3.8) is 0 Å². The van der Waals surface area contributed by atoms with Gasteiger partial charge in [0.15, 0.2) is 5.82 Å². The first-order valence-electron chi connectivity index (χ1n) is 5.41. The number of benzene rings is 1. The Kier molecular flexibility index (Phi) is 1.96. The molecule has 0 fully saturated rings. The molecular formula is C12H13N3O. The monoisotopic (exact) mass is 215 g/mol. The van der Waals surface area contributed by atoms with Crippen LogP contribution in [0.2, 0.25) is 0 Å². The molecule has 4 nitrogen and oxygen atoms in total. The largest absolute Gasteiger partial charge is 0.483 e. The molecule has 3 rings (SSSR count). The molecule has 0 atom stereocenters. The van der Waals surface area contributed by atoms with Gasteiger partial charge in [0.25, 0.3) is 0 Å². The normalized spacial score (nSPS) is 13.2. The van der Waals surface area contributed by atoms with Gasteiger partial charge in [-0.2, -0.15) is 0 Å². The van der Waals surface area contributed by atoms with Crippen molar-refractivity contribution in [1.29, 1.82) is 0 Å². The Morgan fingerprint density at radius 3 is 3.06 bits per heavy atom. The van der Waals surface area contributed by atoms with Crippen LogP contribution in [0.4, 0.5) is 0 Å². The molecule has 16 heavy (non-hydrogen) atoms. The van der Waals surface area contributed by atoms with Crippen LogP contribution in [0.15, 0.2) is 24.5 Å². The van der Waals surface area contributed by atoms with Crippen LogP contribution in [0, 0.1) is 0 Å². The third kappa shape index (κ3) is 1.30. The maximum absolute atomic E-state index is 5.68. The molecule has 2 heterocycles. The van der Waals surface area contributed by atoms with Gasteiger partial charge in [-0.3, -0.25) is 4.57 Å². The number of hydrogen-bond acceptors (Lipinski definition) is 3. The summed E-state index contributed by atoms with van der Waals surface area (Å²) in [6, 6.07) is 6.29. The summed E-state index contributed by atoms with van der Waals surface area (Å²) in [5.74, 6) is 2.28. The average Bonchev–Trinajstić information content (AvgIpc) is 2.76. The van der Waals surface area contributed by atoms with Gasteiger partial charge in [0.2, 0.25) is 0 Å². The van der Waals surface area contributed by atoms with Crippen LogP contribution < -0.4 is 4.74 Å². The Labute approximate surface area is 93.9 Å². The van der Waals surface area contributed by atoms with E-state index in [1.54, 1.807) is 6.33 Å². The summed E-state index contributed by atoms with van der Waals surface area (Å²) in [5, 5.41) is 7.89. The highest BCUT2D eigenvalue weighted by Gasteiger charge is 2.18. The first-order valence-corrected chi connectivity index (χ1v) is 5.41. The van der Waals surface area contributed by atoms with Crippen LogP contribution in [0.1, 0.15) is 31.2 Å². The third-order valence-electron chi connectivity index (χ3n) is 2.89. The second-order valence-corrected chi connectivity index (χ2v) is 4.29. The molecule has 2 aromatic rings. The predicted octanol–water partition coefficient (Wildman–Crippen LogP) is 2.28. The summed E-state index contributed by atoms with van der Waals surface area (Å²) in [6.07, 6.45) is 1.73. The highest BCUT2D eigenvalue weighted by molar-refractivity contribution is 5.51. The second kappa shape index (κ2) is 3.33. The first-order chi connectivity index (χ1) is 7.75. The fourth-order valence-electron chi connectivity index (χ4n) is 1.91. The van der Waals surface area contributed by atoms with E-state index in [0.29, 0.717) is 12.5 Å². The van der Waals surface area contributed by atoms with Crippen LogP contribution in [0.3, 0.4) is 0 Å². The van der Waals surface area contributed by atoms with Gasteiger partial charge in [0.1, 0.15) is 18.7 Å². The van der Waals surface area contributed by atoms with E-state index < -0.39 is 0 Å². The molecule has 0 bridgehead atoms. The molecule has 0 spiro atoms. The molecule has 1 aliphatic heterocycles. The minimum atomic E-state index is 0.495. The summed E-state index contributed by atoms with van der Waals surface area (Å²) >= 11 is 0. The lowest BCUT2D eigenvalue weighted by Gasteiger charge is -2.19. The van der Waals surface area contributed by atoms with Crippen molar-refractivity contribution in [3.8, 4) is 11.4 Å². The maximum atomic E-state index is 5.68. The van der Waals surface area contributed by atoms with Gasteiger partial charge in [0.05, 0.1) is 5.69 Å². The second-order valence-electron chi connectivity index (χ2n) is 4.29. The van der Waals surface area contributed by atoms with E-state index in [1.165, 1.54) is 5.56 Å². The Hall–Kier alpha value is -1.84. The summed E-state index contributed by atoms with van der Waals surface area (Å²) in [7, 11) is 0. The van der Waals surface area contributed by atoms with Crippen LogP contribution >= 0.6 is 0 Å². The average molecular weight is 215 g/mol. The zero-order chi connectivity index (χ0) is 11.1. The molecule has 1 aliphatic rings. The van der Waals surface area contributed by atoms with E-state index in [2.05, 4.69) is 42.2 Å². The Balaban J connectivity index is 2.14. The van der Waals surface area contributed by atoms with Gasteiger partial charge in [0, 0.05) is 0 Å². The summed E-state index contributed by atoms with van der Waals surface area (Å²) in [6.45, 7) is 4.85. The minimum absolute atomic E-state index is 0.495. The topological polar surface area (TPSA) is 39.9 Å². The van der Waals surface area contributed by atoms with E-state index in [4.69, 9.17) is 4.74 Å². The lowest BCUT2D eigenvalue weighted by molar-refractivity contribution is 0.279. The Morgan fingerprint density at radius 2 is 2.25 bits per heavy atom. The minimum Gasteiger partial charge on any atom is -0.483 e. The molecule has 0 saturated heterocycles. The smallest absolute Gasteiger partial charge is 0.175 e. The van der Waals surface area contributed by atoms with Crippen molar-refractivity contribution in [2.75, 3.05) is 0 Å². The van der Waals surface area contributed by atoms with Gasteiger partial charge in [-0.25, -0.2) is 0 Å². The highest BCUT2D eigenvalue weighted by atomic mass is 16.5. The van der Waals surface area contributed by atoms with E-state index in [9.17, 15) is 0 Å². The molecule has 4 heteroatoms. The van der Waals surface area contributed by atoms with E-state index >= 15 is 0 Å². The summed E-state index contributed by atoms with van der Waals surface area (Å²) < 4.78 is 7.65. The van der Waals surface area contributed by atoms with E-state index in [-0.39, 0.29) is 0 Å². The van der Waals surface area contributed by atoms with Crippen LogP contribution in [-0.4, -0.2) is 14.8 Å². The predicted molar refractivity (Wildman–Crippen MR) is 59.8 cm³/mol. The SMILES string of the molecule is CC(C)c1ccc2c(c1)OCc1nncn1-2. The van der Waals surface area contributed by atoms with E-state index in [0.717, 1.165) is 17.3 Å². The molecular weight excluding hydrogens is 202 g/mol. The lowest BCUT2D eigenvalue weighted by Crippen LogP contribution is -2.12. The zero-order valence-corrected chi connectivity index (χ0v) is 9.34. The highest BCUT2D eigenvalue weighted by Crippen LogP contribution is 2.31. The van der Waals surface area contributed by atoms with Crippen molar-refractivity contribution in [3.05, 3.63) is 35.9 Å². The fourth-order valence-corrected chi connectivity index (χ4v) is 1.91. The van der Waals surface area contributed by atoms with Crippen molar-refractivity contribution in [1.82, 2.24) is 14.8 Å². The Morgan fingerprint density at radius 1 is 1.38 bits per heavy atom. The number of rotatable bonds is 1. The van der Waals surface area contributed by atoms with Crippen molar-refractivity contribution >= 4 is 0 Å². The van der Waals surface area contributed by atoms with Gasteiger partial charge >= 0.3 is 0 Å². The number of nitrogens with zero attached hydrogens (tertiary/aromatic N) is 3. The molecule has 0 aliphatic carbocycles. The molecule has 0 amide bonds. The molecule has 0 N–H and O–H groups in total. The zero-order valence-electron chi connectivity index (χ0n) is 9.34. The molecule has 1 aromatic carbocycles. The van der Waals surface area contributed by atoms with Crippen molar-refractivity contribution in [2.24, 2.45) is 0 Å². The van der Waals surface area contributed by atoms with Gasteiger partial charge in [-0.1, -0.05) is 19.9 Å². The van der Waals surface area contributed by atoms with Crippen LogP contribution in [-0.2, 0) is 6.61 Å². The summed E-state index contributed by atoms with van der Waals surface area (Å²) in [4.78, 5) is 0. The quantitative estimate of drug-likeness (QED) is 0.732. The van der Waals surface area contributed by atoms with E-state index in [1.807, 2.05) is 4.57 Å². The first kappa shape index (κ1) is 9.39. The van der Waals surface area contributed by atoms with Gasteiger partial charge < -0.3 is 4.74 Å². The number of ether oxygens (including phenoxy) is 1. The van der Waals surface area contributed by atoms with Crippen molar-refractivity contribution in [2.45, 2.75) is 26.4 Å². The number of aromatic nitrogens is 3. The molecule has 82 valence electrons. The Bertz CT molecular complexity index is 531. The molecule has 1 aromatic heterocycles.